The number of benzene rings is 1. The van der Waals surface area contributed by atoms with Gasteiger partial charge in [-0.15, -0.1) is 0 Å². The van der Waals surface area contributed by atoms with Gasteiger partial charge in [-0.2, -0.15) is 4.31 Å². The van der Waals surface area contributed by atoms with E-state index in [2.05, 4.69) is 0 Å². The first kappa shape index (κ1) is 15.1. The van der Waals surface area contributed by atoms with Crippen LogP contribution in [0.1, 0.15) is 13.8 Å². The Balaban J connectivity index is 2.42. The van der Waals surface area contributed by atoms with Crippen LogP contribution in [0.4, 0.5) is 14.5 Å². The maximum absolute atomic E-state index is 13.7. The number of anilines is 1. The summed E-state index contributed by atoms with van der Waals surface area (Å²) in [5.41, 5.74) is 4.92. The Morgan fingerprint density at radius 2 is 1.75 bits per heavy atom. The van der Waals surface area contributed by atoms with Gasteiger partial charge in [-0.25, -0.2) is 17.2 Å². The molecule has 5 nitrogen and oxygen atoms in total. The molecule has 8 heteroatoms. The third-order valence-corrected chi connectivity index (χ3v) is 4.90. The Morgan fingerprint density at radius 1 is 1.20 bits per heavy atom. The SMILES string of the molecule is CC1CN(S(=O)(=O)c2cc(N)c(F)cc2F)CC(C)O1. The highest BCUT2D eigenvalue weighted by Crippen LogP contribution is 2.26. The van der Waals surface area contributed by atoms with Crippen LogP contribution in [0.5, 0.6) is 0 Å². The Kier molecular flexibility index (Phi) is 3.99. The summed E-state index contributed by atoms with van der Waals surface area (Å²) in [6, 6.07) is 1.29. The van der Waals surface area contributed by atoms with Crippen LogP contribution in [0.25, 0.3) is 0 Å². The smallest absolute Gasteiger partial charge is 0.246 e. The topological polar surface area (TPSA) is 72.6 Å². The second-order valence-corrected chi connectivity index (χ2v) is 6.79. The van der Waals surface area contributed by atoms with Gasteiger partial charge in [0.25, 0.3) is 0 Å². The van der Waals surface area contributed by atoms with Crippen molar-refractivity contribution in [3.63, 3.8) is 0 Å². The second kappa shape index (κ2) is 5.27. The summed E-state index contributed by atoms with van der Waals surface area (Å²) in [4.78, 5) is -0.613. The molecule has 1 aromatic carbocycles. The summed E-state index contributed by atoms with van der Waals surface area (Å²) < 4.78 is 58.3. The van der Waals surface area contributed by atoms with Crippen molar-refractivity contribution in [3.05, 3.63) is 23.8 Å². The van der Waals surface area contributed by atoms with Gasteiger partial charge in [0, 0.05) is 19.2 Å². The molecule has 0 saturated carbocycles. The molecule has 2 N–H and O–H groups in total. The van der Waals surface area contributed by atoms with Crippen molar-refractivity contribution in [1.29, 1.82) is 0 Å². The third kappa shape index (κ3) is 2.77. The molecule has 0 aliphatic carbocycles. The Bertz CT molecular complexity index is 611. The average Bonchev–Trinajstić information content (AvgIpc) is 2.32. The summed E-state index contributed by atoms with van der Waals surface area (Å²) >= 11 is 0. The van der Waals surface area contributed by atoms with E-state index in [4.69, 9.17) is 10.5 Å². The predicted octanol–water partition coefficient (Wildman–Crippen LogP) is 1.34. The lowest BCUT2D eigenvalue weighted by molar-refractivity contribution is -0.0441. The molecular formula is C12H16F2N2O3S. The zero-order valence-electron chi connectivity index (χ0n) is 11.1. The molecule has 0 amide bonds. The van der Waals surface area contributed by atoms with Gasteiger partial charge in [-0.05, 0) is 19.9 Å². The van der Waals surface area contributed by atoms with E-state index in [0.29, 0.717) is 6.07 Å². The minimum absolute atomic E-state index is 0.114. The van der Waals surface area contributed by atoms with Crippen LogP contribution >= 0.6 is 0 Å². The van der Waals surface area contributed by atoms with Gasteiger partial charge < -0.3 is 10.5 Å². The molecule has 2 rings (SSSR count). The fourth-order valence-corrected chi connectivity index (χ4v) is 3.88. The van der Waals surface area contributed by atoms with E-state index < -0.39 is 32.2 Å². The first-order valence-corrected chi connectivity index (χ1v) is 7.56. The van der Waals surface area contributed by atoms with Gasteiger partial charge in [0.05, 0.1) is 17.9 Å². The highest BCUT2D eigenvalue weighted by atomic mass is 32.2. The van der Waals surface area contributed by atoms with Crippen molar-refractivity contribution in [2.45, 2.75) is 31.0 Å². The molecule has 0 bridgehead atoms. The van der Waals surface area contributed by atoms with Crippen LogP contribution < -0.4 is 5.73 Å². The molecule has 1 aromatic rings. The molecule has 1 aliphatic heterocycles. The summed E-state index contributed by atoms with van der Waals surface area (Å²) in [5.74, 6) is -2.13. The van der Waals surface area contributed by atoms with Crippen molar-refractivity contribution in [3.8, 4) is 0 Å². The van der Waals surface area contributed by atoms with Crippen molar-refractivity contribution in [2.24, 2.45) is 0 Å². The number of halogens is 2. The van der Waals surface area contributed by atoms with Crippen LogP contribution in [0.3, 0.4) is 0 Å². The van der Waals surface area contributed by atoms with E-state index in [1.54, 1.807) is 13.8 Å². The van der Waals surface area contributed by atoms with E-state index in [0.717, 1.165) is 10.4 Å². The molecule has 1 saturated heterocycles. The predicted molar refractivity (Wildman–Crippen MR) is 69.5 cm³/mol. The first-order chi connectivity index (χ1) is 9.21. The first-order valence-electron chi connectivity index (χ1n) is 6.12. The van der Waals surface area contributed by atoms with Crippen molar-refractivity contribution >= 4 is 15.7 Å². The fraction of sp³-hybridized carbons (Fsp3) is 0.500. The largest absolute Gasteiger partial charge is 0.396 e. The molecule has 2 atom stereocenters. The second-order valence-electron chi connectivity index (χ2n) is 4.88. The fourth-order valence-electron chi connectivity index (χ4n) is 2.21. The summed E-state index contributed by atoms with van der Waals surface area (Å²) in [7, 11) is -4.07. The summed E-state index contributed by atoms with van der Waals surface area (Å²) in [5, 5.41) is 0. The molecule has 1 aliphatic rings. The molecule has 1 fully saturated rings. The lowest BCUT2D eigenvalue weighted by Gasteiger charge is -2.34. The van der Waals surface area contributed by atoms with Gasteiger partial charge in [0.2, 0.25) is 10.0 Å². The molecule has 0 radical (unpaired) electrons. The molecule has 112 valence electrons. The molecule has 20 heavy (non-hydrogen) atoms. The zero-order valence-corrected chi connectivity index (χ0v) is 12.0. The quantitative estimate of drug-likeness (QED) is 0.837. The Hall–Kier alpha value is -1.25. The Labute approximate surface area is 116 Å². The minimum atomic E-state index is -4.07. The number of nitrogen functional groups attached to an aromatic ring is 1. The maximum atomic E-state index is 13.7. The number of morpholine rings is 1. The molecule has 0 aromatic heterocycles. The van der Waals surface area contributed by atoms with E-state index in [9.17, 15) is 17.2 Å². The number of ether oxygens (including phenoxy) is 1. The van der Waals surface area contributed by atoms with Crippen molar-refractivity contribution in [2.75, 3.05) is 18.8 Å². The van der Waals surface area contributed by atoms with Crippen LogP contribution in [0, 0.1) is 11.6 Å². The lowest BCUT2D eigenvalue weighted by atomic mass is 10.3. The zero-order chi connectivity index (χ0) is 15.1. The van der Waals surface area contributed by atoms with Gasteiger partial charge >= 0.3 is 0 Å². The number of nitrogens with two attached hydrogens (primary N) is 1. The van der Waals surface area contributed by atoms with Gasteiger partial charge in [-0.3, -0.25) is 0 Å². The minimum Gasteiger partial charge on any atom is -0.396 e. The average molecular weight is 306 g/mol. The number of sulfonamides is 1. The van der Waals surface area contributed by atoms with Gasteiger partial charge in [0.1, 0.15) is 16.5 Å². The Morgan fingerprint density at radius 3 is 2.30 bits per heavy atom. The molecule has 2 unspecified atom stereocenters. The van der Waals surface area contributed by atoms with Gasteiger partial charge in [-0.1, -0.05) is 0 Å². The van der Waals surface area contributed by atoms with Crippen LogP contribution in [-0.2, 0) is 14.8 Å². The van der Waals surface area contributed by atoms with Crippen molar-refractivity contribution in [1.82, 2.24) is 4.31 Å². The van der Waals surface area contributed by atoms with E-state index in [1.807, 2.05) is 0 Å². The molecular weight excluding hydrogens is 290 g/mol. The highest BCUT2D eigenvalue weighted by molar-refractivity contribution is 7.89. The van der Waals surface area contributed by atoms with E-state index in [1.165, 1.54) is 0 Å². The third-order valence-electron chi connectivity index (χ3n) is 3.06. The highest BCUT2D eigenvalue weighted by Gasteiger charge is 2.34. The number of hydrogen-bond donors (Lipinski definition) is 1. The monoisotopic (exact) mass is 306 g/mol. The van der Waals surface area contributed by atoms with E-state index in [-0.39, 0.29) is 25.3 Å². The number of nitrogens with zero attached hydrogens (tertiary/aromatic N) is 1. The van der Waals surface area contributed by atoms with Crippen molar-refractivity contribution < 1.29 is 21.9 Å². The van der Waals surface area contributed by atoms with Crippen LogP contribution in [-0.4, -0.2) is 38.0 Å². The number of rotatable bonds is 2. The summed E-state index contributed by atoms with van der Waals surface area (Å²) in [6.07, 6.45) is -0.594. The van der Waals surface area contributed by atoms with Crippen LogP contribution in [0.2, 0.25) is 0 Å². The normalized spacial score (nSPS) is 24.8. The molecule has 1 heterocycles. The summed E-state index contributed by atoms with van der Waals surface area (Å²) in [6.45, 7) is 3.69. The van der Waals surface area contributed by atoms with Gasteiger partial charge in [0.15, 0.2) is 0 Å². The lowest BCUT2D eigenvalue weighted by Crippen LogP contribution is -2.48. The standard InChI is InChI=1S/C12H16F2N2O3S/c1-7-5-16(6-8(2)19-7)20(17,18)12-4-11(15)9(13)3-10(12)14/h3-4,7-8H,5-6,15H2,1-2H3. The van der Waals surface area contributed by atoms with E-state index >= 15 is 0 Å². The molecule has 0 spiro atoms. The number of hydrogen-bond acceptors (Lipinski definition) is 4. The van der Waals surface area contributed by atoms with Crippen LogP contribution in [0.15, 0.2) is 17.0 Å². The maximum Gasteiger partial charge on any atom is 0.246 e.